The van der Waals surface area contributed by atoms with Gasteiger partial charge >= 0.3 is 0 Å². The summed E-state index contributed by atoms with van der Waals surface area (Å²) >= 11 is 0. The summed E-state index contributed by atoms with van der Waals surface area (Å²) in [5, 5.41) is 5.94. The minimum atomic E-state index is -0.533. The molecule has 4 nitrogen and oxygen atoms in total. The van der Waals surface area contributed by atoms with Crippen molar-refractivity contribution in [2.24, 2.45) is 0 Å². The van der Waals surface area contributed by atoms with Gasteiger partial charge in [-0.3, -0.25) is 10.1 Å². The smallest absolute Gasteiger partial charge is 0.242 e. The Labute approximate surface area is 72.7 Å². The van der Waals surface area contributed by atoms with E-state index in [-0.39, 0.29) is 5.91 Å². The Bertz CT molecular complexity index is 172. The lowest BCUT2D eigenvalue weighted by Crippen LogP contribution is -2.63. The Hall–Kier alpha value is -0.610. The van der Waals surface area contributed by atoms with E-state index in [2.05, 4.69) is 10.6 Å². The fourth-order valence-electron chi connectivity index (χ4n) is 1.21. The molecule has 0 saturated carbocycles. The highest BCUT2D eigenvalue weighted by Crippen LogP contribution is 2.06. The van der Waals surface area contributed by atoms with Gasteiger partial charge in [-0.25, -0.2) is 0 Å². The number of hydrogen-bond acceptors (Lipinski definition) is 3. The van der Waals surface area contributed by atoms with Gasteiger partial charge < -0.3 is 10.1 Å². The average Bonchev–Trinajstić information content (AvgIpc) is 2.07. The lowest BCUT2D eigenvalue weighted by atomic mass is 10.0. The molecule has 1 unspecified atom stereocenters. The second-order valence-electron chi connectivity index (χ2n) is 3.15. The fraction of sp³-hybridized carbons (Fsp3) is 0.875. The van der Waals surface area contributed by atoms with E-state index < -0.39 is 5.54 Å². The van der Waals surface area contributed by atoms with E-state index in [4.69, 9.17) is 4.74 Å². The maximum absolute atomic E-state index is 11.4. The Morgan fingerprint density at radius 3 is 2.92 bits per heavy atom. The molecule has 2 N–H and O–H groups in total. The van der Waals surface area contributed by atoms with Gasteiger partial charge in [-0.1, -0.05) is 0 Å². The van der Waals surface area contributed by atoms with Crippen molar-refractivity contribution < 1.29 is 9.53 Å². The first kappa shape index (κ1) is 9.48. The molecular formula is C8H16N2O2. The number of rotatable bonds is 3. The highest BCUT2D eigenvalue weighted by molar-refractivity contribution is 5.86. The third-order valence-electron chi connectivity index (χ3n) is 2.02. The largest absolute Gasteiger partial charge is 0.379 e. The highest BCUT2D eigenvalue weighted by Gasteiger charge is 2.34. The first-order valence-corrected chi connectivity index (χ1v) is 4.30. The van der Waals surface area contributed by atoms with Gasteiger partial charge in [0.05, 0.1) is 6.61 Å². The molecule has 0 bridgehead atoms. The van der Waals surface area contributed by atoms with Crippen molar-refractivity contribution >= 4 is 5.91 Å². The molecule has 4 heteroatoms. The van der Waals surface area contributed by atoms with Crippen LogP contribution in [0.2, 0.25) is 0 Å². The molecule has 1 atom stereocenters. The summed E-state index contributed by atoms with van der Waals surface area (Å²) in [4.78, 5) is 11.4. The Balaban J connectivity index is 2.48. The third-order valence-corrected chi connectivity index (χ3v) is 2.02. The van der Waals surface area contributed by atoms with Crippen molar-refractivity contribution in [2.75, 3.05) is 26.3 Å². The molecule has 0 spiro atoms. The average molecular weight is 172 g/mol. The molecule has 1 fully saturated rings. The summed E-state index contributed by atoms with van der Waals surface area (Å²) in [7, 11) is 0. The summed E-state index contributed by atoms with van der Waals surface area (Å²) in [5.41, 5.74) is -0.533. The Morgan fingerprint density at radius 2 is 2.33 bits per heavy atom. The van der Waals surface area contributed by atoms with Gasteiger partial charge in [0.15, 0.2) is 0 Å². The van der Waals surface area contributed by atoms with Crippen LogP contribution in [0.25, 0.3) is 0 Å². The van der Waals surface area contributed by atoms with E-state index in [1.54, 1.807) is 0 Å². The Morgan fingerprint density at radius 1 is 1.58 bits per heavy atom. The van der Waals surface area contributed by atoms with Crippen LogP contribution in [0.5, 0.6) is 0 Å². The molecule has 0 aliphatic carbocycles. The number of piperazine rings is 1. The molecule has 1 rings (SSSR count). The van der Waals surface area contributed by atoms with Gasteiger partial charge in [0, 0.05) is 19.7 Å². The summed E-state index contributed by atoms with van der Waals surface area (Å²) in [5.74, 6) is 0.0298. The standard InChI is InChI=1S/C8H16N2O2/c1-3-12-6-8(2)7(11)9-4-5-10-8/h10H,3-6H2,1-2H3,(H,9,11). The zero-order valence-corrected chi connectivity index (χ0v) is 7.64. The zero-order chi connectivity index (χ0) is 9.03. The van der Waals surface area contributed by atoms with Crippen molar-refractivity contribution in [3.8, 4) is 0 Å². The van der Waals surface area contributed by atoms with Gasteiger partial charge in [-0.15, -0.1) is 0 Å². The maximum atomic E-state index is 11.4. The van der Waals surface area contributed by atoms with Gasteiger partial charge in [0.2, 0.25) is 5.91 Å². The molecule has 1 aliphatic heterocycles. The van der Waals surface area contributed by atoms with Crippen LogP contribution in [0.4, 0.5) is 0 Å². The minimum Gasteiger partial charge on any atom is -0.379 e. The maximum Gasteiger partial charge on any atom is 0.242 e. The molecule has 70 valence electrons. The first-order chi connectivity index (χ1) is 5.69. The minimum absolute atomic E-state index is 0.0298. The summed E-state index contributed by atoms with van der Waals surface area (Å²) < 4.78 is 5.22. The molecule has 1 heterocycles. The molecule has 0 radical (unpaired) electrons. The van der Waals surface area contributed by atoms with E-state index >= 15 is 0 Å². The van der Waals surface area contributed by atoms with E-state index in [9.17, 15) is 4.79 Å². The van der Waals surface area contributed by atoms with E-state index in [1.807, 2.05) is 13.8 Å². The number of carbonyl (C=O) groups excluding carboxylic acids is 1. The summed E-state index contributed by atoms with van der Waals surface area (Å²) in [6.07, 6.45) is 0. The van der Waals surface area contributed by atoms with Crippen LogP contribution in [0.1, 0.15) is 13.8 Å². The van der Waals surface area contributed by atoms with E-state index in [1.165, 1.54) is 0 Å². The topological polar surface area (TPSA) is 50.4 Å². The van der Waals surface area contributed by atoms with Crippen LogP contribution in [0.15, 0.2) is 0 Å². The molecule has 0 aromatic heterocycles. The summed E-state index contributed by atoms with van der Waals surface area (Å²) in [6.45, 7) is 6.39. The fourth-order valence-corrected chi connectivity index (χ4v) is 1.21. The van der Waals surface area contributed by atoms with Crippen LogP contribution in [0.3, 0.4) is 0 Å². The lowest BCUT2D eigenvalue weighted by molar-refractivity contribution is -0.131. The molecule has 1 saturated heterocycles. The number of hydrogen-bond donors (Lipinski definition) is 2. The molecule has 12 heavy (non-hydrogen) atoms. The quantitative estimate of drug-likeness (QED) is 0.603. The van der Waals surface area contributed by atoms with E-state index in [0.29, 0.717) is 19.8 Å². The van der Waals surface area contributed by atoms with E-state index in [0.717, 1.165) is 6.54 Å². The lowest BCUT2D eigenvalue weighted by Gasteiger charge is -2.33. The van der Waals surface area contributed by atoms with Crippen molar-refractivity contribution in [3.63, 3.8) is 0 Å². The van der Waals surface area contributed by atoms with Gasteiger partial charge in [-0.2, -0.15) is 0 Å². The van der Waals surface area contributed by atoms with Gasteiger partial charge in [0.1, 0.15) is 5.54 Å². The first-order valence-electron chi connectivity index (χ1n) is 4.30. The third kappa shape index (κ3) is 1.95. The second kappa shape index (κ2) is 3.87. The van der Waals surface area contributed by atoms with Crippen LogP contribution >= 0.6 is 0 Å². The second-order valence-corrected chi connectivity index (χ2v) is 3.15. The van der Waals surface area contributed by atoms with Gasteiger partial charge in [-0.05, 0) is 13.8 Å². The van der Waals surface area contributed by atoms with Crippen LogP contribution in [0, 0.1) is 0 Å². The van der Waals surface area contributed by atoms with Crippen LogP contribution < -0.4 is 10.6 Å². The molecular weight excluding hydrogens is 156 g/mol. The molecule has 1 amide bonds. The molecule has 0 aromatic rings. The zero-order valence-electron chi connectivity index (χ0n) is 7.64. The normalized spacial score (nSPS) is 30.0. The van der Waals surface area contributed by atoms with Crippen molar-refractivity contribution in [2.45, 2.75) is 19.4 Å². The monoisotopic (exact) mass is 172 g/mol. The highest BCUT2D eigenvalue weighted by atomic mass is 16.5. The van der Waals surface area contributed by atoms with Gasteiger partial charge in [0.25, 0.3) is 0 Å². The predicted octanol–water partition coefficient (Wildman–Crippen LogP) is -0.499. The predicted molar refractivity (Wildman–Crippen MR) is 45.9 cm³/mol. The number of amides is 1. The van der Waals surface area contributed by atoms with Crippen molar-refractivity contribution in [3.05, 3.63) is 0 Å². The molecule has 0 aromatic carbocycles. The number of ether oxygens (including phenoxy) is 1. The van der Waals surface area contributed by atoms with Crippen LogP contribution in [-0.4, -0.2) is 37.7 Å². The number of carbonyl (C=O) groups is 1. The van der Waals surface area contributed by atoms with Crippen molar-refractivity contribution in [1.82, 2.24) is 10.6 Å². The summed E-state index contributed by atoms with van der Waals surface area (Å²) in [6, 6.07) is 0. The van der Waals surface area contributed by atoms with Crippen LogP contribution in [-0.2, 0) is 9.53 Å². The SMILES string of the molecule is CCOCC1(C)NCCNC1=O. The van der Waals surface area contributed by atoms with Crippen molar-refractivity contribution in [1.29, 1.82) is 0 Å². The number of nitrogens with one attached hydrogen (secondary N) is 2. The molecule has 1 aliphatic rings. The Kier molecular flexibility index (Phi) is 3.05.